The summed E-state index contributed by atoms with van der Waals surface area (Å²) in [5.74, 6) is -0.754. The number of imidazole rings is 1. The first-order valence-electron chi connectivity index (χ1n) is 10.00. The number of pyridine rings is 1. The number of benzene rings is 1. The van der Waals surface area contributed by atoms with Gasteiger partial charge in [0.25, 0.3) is 5.91 Å². The summed E-state index contributed by atoms with van der Waals surface area (Å²) in [6.45, 7) is 7.96. The molecule has 1 N–H and O–H groups in total. The first-order chi connectivity index (χ1) is 14.9. The highest BCUT2D eigenvalue weighted by atomic mass is 32.1. The number of carbonyl (C=O) groups excluding carboxylic acids is 2. The molecule has 4 aromatic rings. The van der Waals surface area contributed by atoms with Crippen LogP contribution in [0.3, 0.4) is 0 Å². The summed E-state index contributed by atoms with van der Waals surface area (Å²) < 4.78 is 7.16. The Morgan fingerprint density at radius 2 is 1.94 bits per heavy atom. The Hall–Kier alpha value is -3.45. The van der Waals surface area contributed by atoms with Gasteiger partial charge in [-0.25, -0.2) is 9.78 Å². The van der Waals surface area contributed by atoms with E-state index in [2.05, 4.69) is 16.4 Å². The van der Waals surface area contributed by atoms with Crippen LogP contribution in [0.4, 0.5) is 5.00 Å². The second-order valence-corrected chi connectivity index (χ2v) is 8.29. The first-order valence-corrected chi connectivity index (χ1v) is 10.9. The average molecular weight is 434 g/mol. The zero-order chi connectivity index (χ0) is 22.1. The molecule has 7 heteroatoms. The molecule has 0 aliphatic rings. The van der Waals surface area contributed by atoms with Gasteiger partial charge >= 0.3 is 5.97 Å². The summed E-state index contributed by atoms with van der Waals surface area (Å²) in [7, 11) is 0. The van der Waals surface area contributed by atoms with Crippen molar-refractivity contribution in [1.29, 1.82) is 0 Å². The molecular weight excluding hydrogens is 410 g/mol. The van der Waals surface area contributed by atoms with Crippen molar-refractivity contribution in [1.82, 2.24) is 9.38 Å². The minimum Gasteiger partial charge on any atom is -0.462 e. The van der Waals surface area contributed by atoms with Crippen molar-refractivity contribution in [2.75, 3.05) is 11.9 Å². The summed E-state index contributed by atoms with van der Waals surface area (Å²) in [6.07, 6.45) is 3.69. The molecule has 4 rings (SSSR count). The van der Waals surface area contributed by atoms with E-state index in [1.165, 1.54) is 11.3 Å². The molecule has 0 aliphatic carbocycles. The van der Waals surface area contributed by atoms with E-state index in [4.69, 9.17) is 4.74 Å². The van der Waals surface area contributed by atoms with Crippen LogP contribution in [0.25, 0.3) is 16.8 Å². The molecule has 3 aromatic heterocycles. The number of carbonyl (C=O) groups is 2. The SMILES string of the molecule is CCOC(=O)c1c(-c2ccc(C)cc2C)csc1NC(=O)c1ccn2cc(C)nc2c1. The molecule has 0 aliphatic heterocycles. The minimum atomic E-state index is -0.451. The van der Waals surface area contributed by atoms with Crippen LogP contribution < -0.4 is 5.32 Å². The van der Waals surface area contributed by atoms with Gasteiger partial charge in [-0.15, -0.1) is 11.3 Å². The third-order valence-corrected chi connectivity index (χ3v) is 5.91. The Balaban J connectivity index is 1.72. The summed E-state index contributed by atoms with van der Waals surface area (Å²) in [6, 6.07) is 9.53. The van der Waals surface area contributed by atoms with E-state index in [-0.39, 0.29) is 12.5 Å². The van der Waals surface area contributed by atoms with Crippen LogP contribution in [0.15, 0.2) is 48.1 Å². The molecule has 0 saturated heterocycles. The number of fused-ring (bicyclic) bond motifs is 1. The number of ether oxygens (including phenoxy) is 1. The Morgan fingerprint density at radius 1 is 1.13 bits per heavy atom. The van der Waals surface area contributed by atoms with E-state index in [0.717, 1.165) is 27.9 Å². The van der Waals surface area contributed by atoms with Crippen LogP contribution in [0.2, 0.25) is 0 Å². The van der Waals surface area contributed by atoms with Crippen molar-refractivity contribution in [2.24, 2.45) is 0 Å². The van der Waals surface area contributed by atoms with Crippen LogP contribution in [0.1, 0.15) is 44.5 Å². The van der Waals surface area contributed by atoms with E-state index < -0.39 is 5.97 Å². The van der Waals surface area contributed by atoms with Gasteiger partial charge in [-0.3, -0.25) is 4.79 Å². The second kappa shape index (κ2) is 8.35. The molecule has 1 aromatic carbocycles. The Morgan fingerprint density at radius 3 is 2.68 bits per heavy atom. The molecule has 0 atom stereocenters. The number of aryl methyl sites for hydroxylation is 3. The number of hydrogen-bond acceptors (Lipinski definition) is 5. The van der Waals surface area contributed by atoms with Crippen LogP contribution in [0.5, 0.6) is 0 Å². The van der Waals surface area contributed by atoms with Crippen molar-refractivity contribution < 1.29 is 14.3 Å². The minimum absolute atomic E-state index is 0.254. The van der Waals surface area contributed by atoms with Gasteiger partial charge in [0.15, 0.2) is 0 Å². The molecule has 0 radical (unpaired) electrons. The lowest BCUT2D eigenvalue weighted by atomic mass is 9.97. The number of amides is 1. The first kappa shape index (κ1) is 20.8. The quantitative estimate of drug-likeness (QED) is 0.427. The van der Waals surface area contributed by atoms with Crippen LogP contribution in [0, 0.1) is 20.8 Å². The summed E-state index contributed by atoms with van der Waals surface area (Å²) in [5.41, 5.74) is 6.32. The van der Waals surface area contributed by atoms with Gasteiger partial charge in [-0.05, 0) is 51.0 Å². The highest BCUT2D eigenvalue weighted by molar-refractivity contribution is 7.15. The van der Waals surface area contributed by atoms with Crippen molar-refractivity contribution >= 4 is 33.9 Å². The van der Waals surface area contributed by atoms with E-state index in [0.29, 0.717) is 21.8 Å². The molecule has 3 heterocycles. The van der Waals surface area contributed by atoms with E-state index in [1.807, 2.05) is 48.9 Å². The third-order valence-electron chi connectivity index (χ3n) is 5.01. The standard InChI is InChI=1S/C24H23N3O3S/c1-5-30-24(29)21-19(18-7-6-14(2)10-15(18)3)13-31-23(21)26-22(28)17-8-9-27-12-16(4)25-20(27)11-17/h6-13H,5H2,1-4H3,(H,26,28). The largest absolute Gasteiger partial charge is 0.462 e. The van der Waals surface area contributed by atoms with Gasteiger partial charge in [0.1, 0.15) is 16.2 Å². The molecule has 0 saturated carbocycles. The lowest BCUT2D eigenvalue weighted by Crippen LogP contribution is -2.15. The summed E-state index contributed by atoms with van der Waals surface area (Å²) >= 11 is 1.32. The number of nitrogens with zero attached hydrogens (tertiary/aromatic N) is 2. The van der Waals surface area contributed by atoms with E-state index in [1.54, 1.807) is 25.3 Å². The number of esters is 1. The number of nitrogens with one attached hydrogen (secondary N) is 1. The highest BCUT2D eigenvalue weighted by Gasteiger charge is 2.24. The maximum Gasteiger partial charge on any atom is 0.341 e. The molecule has 0 bridgehead atoms. The normalized spacial score (nSPS) is 11.0. The molecule has 158 valence electrons. The van der Waals surface area contributed by atoms with Gasteiger partial charge in [-0.1, -0.05) is 23.8 Å². The van der Waals surface area contributed by atoms with Crippen molar-refractivity contribution in [3.63, 3.8) is 0 Å². The average Bonchev–Trinajstić information content (AvgIpc) is 3.29. The van der Waals surface area contributed by atoms with Crippen LogP contribution in [-0.4, -0.2) is 27.9 Å². The zero-order valence-corrected chi connectivity index (χ0v) is 18.7. The van der Waals surface area contributed by atoms with Gasteiger partial charge in [0.05, 0.1) is 12.3 Å². The predicted molar refractivity (Wildman–Crippen MR) is 123 cm³/mol. The van der Waals surface area contributed by atoms with Crippen molar-refractivity contribution in [3.8, 4) is 11.1 Å². The van der Waals surface area contributed by atoms with E-state index in [9.17, 15) is 9.59 Å². The van der Waals surface area contributed by atoms with Gasteiger partial charge in [-0.2, -0.15) is 0 Å². The van der Waals surface area contributed by atoms with Crippen molar-refractivity contribution in [3.05, 3.63) is 76.1 Å². The number of rotatable bonds is 5. The summed E-state index contributed by atoms with van der Waals surface area (Å²) in [4.78, 5) is 30.2. The third kappa shape index (κ3) is 4.09. The molecular formula is C24H23N3O3S. The lowest BCUT2D eigenvalue weighted by Gasteiger charge is -2.11. The molecule has 0 unspecified atom stereocenters. The smallest absolute Gasteiger partial charge is 0.341 e. The van der Waals surface area contributed by atoms with Gasteiger partial charge < -0.3 is 14.5 Å². The molecule has 6 nitrogen and oxygen atoms in total. The van der Waals surface area contributed by atoms with Gasteiger partial charge in [0.2, 0.25) is 0 Å². The van der Waals surface area contributed by atoms with Crippen molar-refractivity contribution in [2.45, 2.75) is 27.7 Å². The zero-order valence-electron chi connectivity index (χ0n) is 17.9. The van der Waals surface area contributed by atoms with E-state index >= 15 is 0 Å². The monoisotopic (exact) mass is 433 g/mol. The molecule has 31 heavy (non-hydrogen) atoms. The Labute approximate surface area is 184 Å². The number of aromatic nitrogens is 2. The maximum absolute atomic E-state index is 13.0. The van der Waals surface area contributed by atoms with Gasteiger partial charge in [0, 0.05) is 28.9 Å². The number of thiophene rings is 1. The maximum atomic E-state index is 13.0. The number of anilines is 1. The molecule has 0 fully saturated rings. The molecule has 1 amide bonds. The fourth-order valence-electron chi connectivity index (χ4n) is 3.60. The topological polar surface area (TPSA) is 72.7 Å². The lowest BCUT2D eigenvalue weighted by molar-refractivity contribution is 0.0529. The highest BCUT2D eigenvalue weighted by Crippen LogP contribution is 2.38. The summed E-state index contributed by atoms with van der Waals surface area (Å²) in [5, 5.41) is 5.26. The van der Waals surface area contributed by atoms with Crippen LogP contribution >= 0.6 is 11.3 Å². The Kier molecular flexibility index (Phi) is 5.61. The fraction of sp³-hybridized carbons (Fsp3) is 0.208. The van der Waals surface area contributed by atoms with Crippen LogP contribution in [-0.2, 0) is 4.74 Å². The second-order valence-electron chi connectivity index (χ2n) is 7.41. The predicted octanol–water partition coefficient (Wildman–Crippen LogP) is 5.42. The fourth-order valence-corrected chi connectivity index (χ4v) is 4.54. The number of hydrogen-bond donors (Lipinski definition) is 1. The Bertz CT molecular complexity index is 1300. The molecule has 0 spiro atoms.